The first-order valence-corrected chi connectivity index (χ1v) is 4.39. The average molecular weight is 195 g/mol. The Morgan fingerprint density at radius 2 is 1.64 bits per heavy atom. The number of Topliss-reactive ketones (excluding diaryl/α,β-unsaturated/α-hetero) is 1. The number of ketones is 1. The van der Waals surface area contributed by atoms with Gasteiger partial charge in [0, 0.05) is 17.6 Å². The first-order chi connectivity index (χ1) is 6.32. The van der Waals surface area contributed by atoms with E-state index in [0.717, 1.165) is 4.90 Å². The molecule has 0 radical (unpaired) electrons. The zero-order valence-electron chi connectivity index (χ0n) is 8.53. The molecule has 0 atom stereocenters. The van der Waals surface area contributed by atoms with Crippen molar-refractivity contribution in [3.63, 3.8) is 0 Å². The largest absolute Gasteiger partial charge is 0.297 e. The lowest BCUT2D eigenvalue weighted by Gasteiger charge is -2.20. The minimum atomic E-state index is -0.525. The number of amides is 2. The minimum Gasteiger partial charge on any atom is -0.297 e. The summed E-state index contributed by atoms with van der Waals surface area (Å²) in [5.74, 6) is -0.942. The molecular formula is C10H13NO3. The summed E-state index contributed by atoms with van der Waals surface area (Å²) >= 11 is 0. The molecule has 1 aliphatic heterocycles. The van der Waals surface area contributed by atoms with Crippen LogP contribution >= 0.6 is 0 Å². The highest BCUT2D eigenvalue weighted by atomic mass is 16.2. The molecular weight excluding hydrogens is 182 g/mol. The van der Waals surface area contributed by atoms with Gasteiger partial charge in [0.05, 0.1) is 6.54 Å². The Morgan fingerprint density at radius 3 is 2.00 bits per heavy atom. The molecule has 1 rings (SSSR count). The van der Waals surface area contributed by atoms with Crippen molar-refractivity contribution in [1.29, 1.82) is 0 Å². The normalized spacial score (nSPS) is 16.6. The molecule has 14 heavy (non-hydrogen) atoms. The Morgan fingerprint density at radius 1 is 1.21 bits per heavy atom. The maximum atomic E-state index is 11.5. The van der Waals surface area contributed by atoms with Crippen molar-refractivity contribution < 1.29 is 14.4 Å². The van der Waals surface area contributed by atoms with Gasteiger partial charge in [0.15, 0.2) is 5.78 Å². The van der Waals surface area contributed by atoms with E-state index in [4.69, 9.17) is 0 Å². The van der Waals surface area contributed by atoms with Crippen LogP contribution in [0.15, 0.2) is 12.2 Å². The quantitative estimate of drug-likeness (QED) is 0.604. The lowest BCUT2D eigenvalue weighted by Crippen LogP contribution is -2.39. The summed E-state index contributed by atoms with van der Waals surface area (Å²) in [6.07, 6.45) is 2.36. The van der Waals surface area contributed by atoms with Crippen molar-refractivity contribution in [2.75, 3.05) is 6.54 Å². The third kappa shape index (κ3) is 2.07. The first-order valence-electron chi connectivity index (χ1n) is 4.39. The van der Waals surface area contributed by atoms with Gasteiger partial charge in [0.25, 0.3) is 11.8 Å². The van der Waals surface area contributed by atoms with E-state index in [1.54, 1.807) is 20.8 Å². The fourth-order valence-electron chi connectivity index (χ4n) is 0.968. The second-order valence-corrected chi connectivity index (χ2v) is 4.27. The number of nitrogens with zero attached hydrogens (tertiary/aromatic N) is 1. The van der Waals surface area contributed by atoms with Crippen LogP contribution in [0.2, 0.25) is 0 Å². The van der Waals surface area contributed by atoms with Gasteiger partial charge in [-0.25, -0.2) is 0 Å². The second kappa shape index (κ2) is 3.36. The summed E-state index contributed by atoms with van der Waals surface area (Å²) < 4.78 is 0. The van der Waals surface area contributed by atoms with Crippen LogP contribution in [0, 0.1) is 5.41 Å². The van der Waals surface area contributed by atoms with Gasteiger partial charge in [0.2, 0.25) is 0 Å². The molecule has 0 fully saturated rings. The van der Waals surface area contributed by atoms with Crippen LogP contribution in [-0.2, 0) is 14.4 Å². The Balaban J connectivity index is 2.67. The minimum absolute atomic E-state index is 0.122. The lowest BCUT2D eigenvalue weighted by molar-refractivity contribution is -0.142. The number of hydrogen-bond donors (Lipinski definition) is 0. The van der Waals surface area contributed by atoms with Crippen molar-refractivity contribution in [3.8, 4) is 0 Å². The molecule has 0 spiro atoms. The molecule has 0 aromatic heterocycles. The molecule has 0 aromatic carbocycles. The van der Waals surface area contributed by atoms with Crippen molar-refractivity contribution in [3.05, 3.63) is 12.2 Å². The van der Waals surface area contributed by atoms with Gasteiger partial charge in [-0.15, -0.1) is 0 Å². The molecule has 1 aliphatic rings. The van der Waals surface area contributed by atoms with Crippen LogP contribution < -0.4 is 0 Å². The molecule has 0 saturated carbocycles. The molecule has 0 saturated heterocycles. The Labute approximate surface area is 82.6 Å². The SMILES string of the molecule is CC(C)(C)C(=O)CN1C(=O)C=CC1=O. The Kier molecular flexibility index (Phi) is 2.55. The van der Waals surface area contributed by atoms with Crippen LogP contribution in [0.4, 0.5) is 0 Å². The summed E-state index contributed by atoms with van der Waals surface area (Å²) in [5.41, 5.74) is -0.525. The van der Waals surface area contributed by atoms with Crippen LogP contribution in [0.25, 0.3) is 0 Å². The number of carbonyl (C=O) groups excluding carboxylic acids is 3. The van der Waals surface area contributed by atoms with Crippen LogP contribution in [0.5, 0.6) is 0 Å². The third-order valence-electron chi connectivity index (χ3n) is 2.04. The highest BCUT2D eigenvalue weighted by Crippen LogP contribution is 2.16. The van der Waals surface area contributed by atoms with E-state index in [1.165, 1.54) is 12.2 Å². The number of imide groups is 1. The standard InChI is InChI=1S/C10H13NO3/c1-10(2,3)7(12)6-11-8(13)4-5-9(11)14/h4-5H,6H2,1-3H3. The zero-order chi connectivity index (χ0) is 10.9. The lowest BCUT2D eigenvalue weighted by atomic mass is 9.90. The highest BCUT2D eigenvalue weighted by Gasteiger charge is 2.30. The van der Waals surface area contributed by atoms with Gasteiger partial charge < -0.3 is 0 Å². The van der Waals surface area contributed by atoms with Crippen molar-refractivity contribution >= 4 is 17.6 Å². The van der Waals surface area contributed by atoms with Crippen molar-refractivity contribution in [2.45, 2.75) is 20.8 Å². The molecule has 0 bridgehead atoms. The van der Waals surface area contributed by atoms with Gasteiger partial charge in [-0.2, -0.15) is 0 Å². The smallest absolute Gasteiger partial charge is 0.254 e. The summed E-state index contributed by atoms with van der Waals surface area (Å²) in [6.45, 7) is 5.14. The van der Waals surface area contributed by atoms with Gasteiger partial charge >= 0.3 is 0 Å². The molecule has 0 unspecified atom stereocenters. The van der Waals surface area contributed by atoms with Crippen molar-refractivity contribution in [1.82, 2.24) is 4.90 Å². The predicted molar refractivity (Wildman–Crippen MR) is 50.3 cm³/mol. The van der Waals surface area contributed by atoms with Crippen LogP contribution in [-0.4, -0.2) is 29.0 Å². The van der Waals surface area contributed by atoms with E-state index in [2.05, 4.69) is 0 Å². The fraction of sp³-hybridized carbons (Fsp3) is 0.500. The van der Waals surface area contributed by atoms with Gasteiger partial charge in [0.1, 0.15) is 0 Å². The number of rotatable bonds is 2. The van der Waals surface area contributed by atoms with E-state index < -0.39 is 17.2 Å². The van der Waals surface area contributed by atoms with Crippen LogP contribution in [0.1, 0.15) is 20.8 Å². The Bertz CT molecular complexity index is 305. The van der Waals surface area contributed by atoms with E-state index in [0.29, 0.717) is 0 Å². The molecule has 76 valence electrons. The summed E-state index contributed by atoms with van der Waals surface area (Å²) in [4.78, 5) is 34.7. The fourth-order valence-corrected chi connectivity index (χ4v) is 0.968. The predicted octanol–water partition coefficient (Wildman–Crippen LogP) is 0.527. The maximum Gasteiger partial charge on any atom is 0.254 e. The highest BCUT2D eigenvalue weighted by molar-refractivity contribution is 6.14. The first kappa shape index (κ1) is 10.6. The van der Waals surface area contributed by atoms with Gasteiger partial charge in [-0.1, -0.05) is 20.8 Å². The molecule has 1 heterocycles. The summed E-state index contributed by atoms with van der Waals surface area (Å²) in [6, 6.07) is 0. The molecule has 0 aliphatic carbocycles. The van der Waals surface area contributed by atoms with E-state index >= 15 is 0 Å². The van der Waals surface area contributed by atoms with Crippen LogP contribution in [0.3, 0.4) is 0 Å². The molecule has 2 amide bonds. The second-order valence-electron chi connectivity index (χ2n) is 4.27. The molecule has 4 nitrogen and oxygen atoms in total. The summed E-state index contributed by atoms with van der Waals surface area (Å²) in [7, 11) is 0. The molecule has 0 aromatic rings. The topological polar surface area (TPSA) is 54.5 Å². The Hall–Kier alpha value is -1.45. The van der Waals surface area contributed by atoms with Gasteiger partial charge in [-0.3, -0.25) is 19.3 Å². The van der Waals surface area contributed by atoms with E-state index in [1.807, 2.05) is 0 Å². The van der Waals surface area contributed by atoms with Gasteiger partial charge in [-0.05, 0) is 0 Å². The molecule has 4 heteroatoms. The van der Waals surface area contributed by atoms with E-state index in [-0.39, 0.29) is 12.3 Å². The van der Waals surface area contributed by atoms with Crippen molar-refractivity contribution in [2.24, 2.45) is 5.41 Å². The number of carbonyl (C=O) groups is 3. The zero-order valence-corrected chi connectivity index (χ0v) is 8.53. The third-order valence-corrected chi connectivity index (χ3v) is 2.04. The summed E-state index contributed by atoms with van der Waals surface area (Å²) in [5, 5.41) is 0. The van der Waals surface area contributed by atoms with E-state index in [9.17, 15) is 14.4 Å². The maximum absolute atomic E-state index is 11.5. The molecule has 0 N–H and O–H groups in total. The number of hydrogen-bond acceptors (Lipinski definition) is 3. The monoisotopic (exact) mass is 195 g/mol. The average Bonchev–Trinajstić information content (AvgIpc) is 2.34.